The van der Waals surface area contributed by atoms with Crippen molar-refractivity contribution in [2.75, 3.05) is 0 Å². The second kappa shape index (κ2) is 3.62. The van der Waals surface area contributed by atoms with Crippen LogP contribution in [-0.4, -0.2) is 4.98 Å². The van der Waals surface area contributed by atoms with Crippen molar-refractivity contribution in [1.29, 1.82) is 0 Å². The lowest BCUT2D eigenvalue weighted by Gasteiger charge is -1.70. The van der Waals surface area contributed by atoms with Crippen molar-refractivity contribution in [2.45, 2.75) is 0 Å². The molecule has 1 rings (SSSR count). The minimum atomic E-state index is 0. The summed E-state index contributed by atoms with van der Waals surface area (Å²) in [6.07, 6.45) is 3.50. The first-order valence-electron chi connectivity index (χ1n) is 1.85. The predicted molar refractivity (Wildman–Crippen MR) is 31.5 cm³/mol. The summed E-state index contributed by atoms with van der Waals surface area (Å²) >= 11 is 0. The highest BCUT2D eigenvalue weighted by Crippen LogP contribution is 1.73. The quantitative estimate of drug-likeness (QED) is 0.502. The number of nitrogens with zero attached hydrogens (tertiary/aromatic N) is 1. The van der Waals surface area contributed by atoms with Crippen LogP contribution in [0.1, 0.15) is 0 Å². The Hall–Kier alpha value is -0.560. The van der Waals surface area contributed by atoms with Gasteiger partial charge in [-0.15, -0.1) is 12.4 Å². The molecule has 0 N–H and O–H groups in total. The van der Waals surface area contributed by atoms with E-state index in [1.165, 1.54) is 0 Å². The fraction of sp³-hybridized carbons (Fsp3) is 0. The molecule has 0 radical (unpaired) electrons. The SMILES string of the molecule is Cl.c1c[13cH][13cH]nc1. The normalized spacial score (nSPS) is 6.86. The maximum absolute atomic E-state index is 3.78. The molecular formula is C5H6ClN. The molecule has 1 heterocycles. The van der Waals surface area contributed by atoms with Gasteiger partial charge < -0.3 is 0 Å². The second-order valence-electron chi connectivity index (χ2n) is 1.02. The molecule has 0 atom stereocenters. The van der Waals surface area contributed by atoms with Gasteiger partial charge in [-0.25, -0.2) is 0 Å². The molecule has 7 heavy (non-hydrogen) atoms. The largest absolute Gasteiger partial charge is 0.265 e. The molecule has 0 unspecified atom stereocenters. The Morgan fingerprint density at radius 2 is 1.43 bits per heavy atom. The molecule has 1 nitrogen and oxygen atoms in total. The molecule has 1 aromatic heterocycles. The highest BCUT2D eigenvalue weighted by Gasteiger charge is 1.58. The first kappa shape index (κ1) is 6.44. The molecule has 0 saturated carbocycles. The summed E-state index contributed by atoms with van der Waals surface area (Å²) in [6.45, 7) is 0. The number of halogens is 1. The molecule has 0 fully saturated rings. The van der Waals surface area contributed by atoms with Gasteiger partial charge in [0.15, 0.2) is 0 Å². The summed E-state index contributed by atoms with van der Waals surface area (Å²) in [5.41, 5.74) is 0. The van der Waals surface area contributed by atoms with Crippen LogP contribution in [0.4, 0.5) is 0 Å². The third-order valence-corrected chi connectivity index (χ3v) is 0.566. The molecule has 38 valence electrons. The van der Waals surface area contributed by atoms with Crippen LogP contribution in [-0.2, 0) is 0 Å². The Labute approximate surface area is 48.8 Å². The summed E-state index contributed by atoms with van der Waals surface area (Å²) in [6, 6.07) is 5.72. The van der Waals surface area contributed by atoms with Gasteiger partial charge in [0.25, 0.3) is 0 Å². The van der Waals surface area contributed by atoms with E-state index < -0.39 is 0 Å². The smallest absolute Gasteiger partial charge is 0.0267 e. The summed E-state index contributed by atoms with van der Waals surface area (Å²) in [7, 11) is 0. The Morgan fingerprint density at radius 3 is 1.57 bits per heavy atom. The van der Waals surface area contributed by atoms with E-state index in [9.17, 15) is 0 Å². The van der Waals surface area contributed by atoms with E-state index in [4.69, 9.17) is 0 Å². The fourth-order valence-electron chi connectivity index (χ4n) is 0.313. The van der Waals surface area contributed by atoms with Gasteiger partial charge in [0.2, 0.25) is 0 Å². The number of hydrogen-bond donors (Lipinski definition) is 0. The van der Waals surface area contributed by atoms with Crippen molar-refractivity contribution in [1.82, 2.24) is 4.98 Å². The van der Waals surface area contributed by atoms with Gasteiger partial charge in [0.05, 0.1) is 0 Å². The van der Waals surface area contributed by atoms with Crippen molar-refractivity contribution >= 4 is 12.4 Å². The summed E-state index contributed by atoms with van der Waals surface area (Å²) in [5, 5.41) is 0. The van der Waals surface area contributed by atoms with E-state index in [1.54, 1.807) is 12.4 Å². The van der Waals surface area contributed by atoms with Crippen molar-refractivity contribution in [2.24, 2.45) is 0 Å². The third-order valence-electron chi connectivity index (χ3n) is 0.566. The summed E-state index contributed by atoms with van der Waals surface area (Å²) < 4.78 is 0. The van der Waals surface area contributed by atoms with E-state index >= 15 is 0 Å². The molecule has 1 aromatic rings. The molecule has 2 heteroatoms. The first-order valence-corrected chi connectivity index (χ1v) is 1.85. The number of rotatable bonds is 0. The van der Waals surface area contributed by atoms with Crippen LogP contribution in [0, 0.1) is 0 Å². The molecule has 0 spiro atoms. The maximum atomic E-state index is 3.78. The second-order valence-corrected chi connectivity index (χ2v) is 1.02. The highest BCUT2D eigenvalue weighted by atomic mass is 35.5. The van der Waals surface area contributed by atoms with Crippen LogP contribution in [0.15, 0.2) is 30.6 Å². The summed E-state index contributed by atoms with van der Waals surface area (Å²) in [4.78, 5) is 3.78. The van der Waals surface area contributed by atoms with Gasteiger partial charge in [-0.1, -0.05) is 6.07 Å². The van der Waals surface area contributed by atoms with E-state index in [0.717, 1.165) is 0 Å². The predicted octanol–water partition coefficient (Wildman–Crippen LogP) is 1.50. The molecule has 0 bridgehead atoms. The standard InChI is InChI=1S/C5H5N.ClH/c1-2-4-6-5-3-1;/h1-5H;1H/i2+1,4+1;. The molecule has 0 aromatic carbocycles. The third kappa shape index (κ3) is 2.18. The Balaban J connectivity index is 0.000000360. The van der Waals surface area contributed by atoms with Crippen LogP contribution < -0.4 is 0 Å². The molecule has 0 aliphatic heterocycles. The Kier molecular flexibility index (Phi) is 3.33. The van der Waals surface area contributed by atoms with Crippen LogP contribution in [0.5, 0.6) is 0 Å². The van der Waals surface area contributed by atoms with Crippen LogP contribution in [0.2, 0.25) is 0 Å². The molecule has 0 aliphatic carbocycles. The molecular weight excluding hydrogens is 111 g/mol. The number of pyridine rings is 1. The molecule has 0 aliphatic rings. The highest BCUT2D eigenvalue weighted by molar-refractivity contribution is 5.85. The average molecular weight is 118 g/mol. The van der Waals surface area contributed by atoms with Crippen LogP contribution in [0.25, 0.3) is 0 Å². The van der Waals surface area contributed by atoms with Gasteiger partial charge >= 0.3 is 0 Å². The monoisotopic (exact) mass is 117 g/mol. The van der Waals surface area contributed by atoms with Crippen molar-refractivity contribution in [3.63, 3.8) is 0 Å². The van der Waals surface area contributed by atoms with Crippen molar-refractivity contribution in [3.8, 4) is 0 Å². The molecule has 0 saturated heterocycles. The number of aromatic nitrogens is 1. The van der Waals surface area contributed by atoms with E-state index in [-0.39, 0.29) is 12.4 Å². The Bertz CT molecular complexity index is 80.0. The zero-order chi connectivity index (χ0) is 4.24. The van der Waals surface area contributed by atoms with E-state index in [0.29, 0.717) is 0 Å². The molecule has 0 amide bonds. The van der Waals surface area contributed by atoms with E-state index in [1.807, 2.05) is 18.2 Å². The zero-order valence-corrected chi connectivity index (χ0v) is 4.56. The lowest BCUT2D eigenvalue weighted by molar-refractivity contribution is 1.33. The van der Waals surface area contributed by atoms with Crippen LogP contribution >= 0.6 is 12.4 Å². The Morgan fingerprint density at radius 1 is 0.857 bits per heavy atom. The van der Waals surface area contributed by atoms with Gasteiger partial charge in [0.1, 0.15) is 0 Å². The van der Waals surface area contributed by atoms with Gasteiger partial charge in [0, 0.05) is 12.4 Å². The van der Waals surface area contributed by atoms with E-state index in [2.05, 4.69) is 4.98 Å². The number of hydrogen-bond acceptors (Lipinski definition) is 1. The minimum Gasteiger partial charge on any atom is -0.265 e. The fourth-order valence-corrected chi connectivity index (χ4v) is 0.313. The van der Waals surface area contributed by atoms with Crippen molar-refractivity contribution in [3.05, 3.63) is 30.6 Å². The first-order chi connectivity index (χ1) is 3.00. The lowest BCUT2D eigenvalue weighted by atomic mass is 10.7. The minimum absolute atomic E-state index is 0. The van der Waals surface area contributed by atoms with Gasteiger partial charge in [-0.3, -0.25) is 4.98 Å². The van der Waals surface area contributed by atoms with Gasteiger partial charge in [-0.05, 0) is 12.1 Å². The summed E-state index contributed by atoms with van der Waals surface area (Å²) in [5.74, 6) is 0. The van der Waals surface area contributed by atoms with Gasteiger partial charge in [-0.2, -0.15) is 0 Å². The average Bonchev–Trinajstić information content (AvgIpc) is 1.72. The zero-order valence-electron chi connectivity index (χ0n) is 3.74. The maximum Gasteiger partial charge on any atom is 0.0267 e. The van der Waals surface area contributed by atoms with Crippen LogP contribution in [0.3, 0.4) is 0 Å². The topological polar surface area (TPSA) is 12.9 Å². The lowest BCUT2D eigenvalue weighted by Crippen LogP contribution is -1.58. The van der Waals surface area contributed by atoms with Crippen molar-refractivity contribution < 1.29 is 0 Å².